The number of nitrogens with zero attached hydrogens (tertiary/aromatic N) is 5. The van der Waals surface area contributed by atoms with Crippen molar-refractivity contribution in [3.63, 3.8) is 0 Å². The fourth-order valence-corrected chi connectivity index (χ4v) is 6.41. The second-order valence-corrected chi connectivity index (χ2v) is 10.9. The van der Waals surface area contributed by atoms with E-state index in [1.54, 1.807) is 0 Å². The molecular formula is C39H25N5. The van der Waals surface area contributed by atoms with Crippen molar-refractivity contribution in [3.8, 4) is 34.4 Å². The molecule has 0 radical (unpaired) electrons. The van der Waals surface area contributed by atoms with Crippen molar-refractivity contribution in [2.75, 3.05) is 0 Å². The summed E-state index contributed by atoms with van der Waals surface area (Å²) in [6.45, 7) is 0. The average Bonchev–Trinajstić information content (AvgIpc) is 3.69. The van der Waals surface area contributed by atoms with Gasteiger partial charge < -0.3 is 4.57 Å². The molecular weight excluding hydrogens is 538 g/mol. The van der Waals surface area contributed by atoms with Gasteiger partial charge in [-0.2, -0.15) is 9.97 Å². The summed E-state index contributed by atoms with van der Waals surface area (Å²) >= 11 is 0. The molecule has 0 aliphatic heterocycles. The van der Waals surface area contributed by atoms with Crippen molar-refractivity contribution in [3.05, 3.63) is 152 Å². The van der Waals surface area contributed by atoms with Crippen LogP contribution in [0.25, 0.3) is 77.9 Å². The van der Waals surface area contributed by atoms with E-state index >= 15 is 0 Å². The highest BCUT2D eigenvalue weighted by molar-refractivity contribution is 6.25. The maximum absolute atomic E-state index is 5.00. The van der Waals surface area contributed by atoms with E-state index in [4.69, 9.17) is 15.0 Å². The Morgan fingerprint density at radius 2 is 1.05 bits per heavy atom. The van der Waals surface area contributed by atoms with Crippen LogP contribution in [0.4, 0.5) is 0 Å². The molecule has 3 aromatic heterocycles. The molecule has 0 amide bonds. The molecule has 3 heterocycles. The van der Waals surface area contributed by atoms with Gasteiger partial charge in [-0.3, -0.25) is 4.57 Å². The first-order chi connectivity index (χ1) is 21.8. The number of hydrogen-bond acceptors (Lipinski definition) is 3. The number of aromatic nitrogens is 5. The zero-order chi connectivity index (χ0) is 29.0. The summed E-state index contributed by atoms with van der Waals surface area (Å²) in [6, 6.07) is 50.5. The summed E-state index contributed by atoms with van der Waals surface area (Å²) in [7, 11) is 0. The van der Waals surface area contributed by atoms with E-state index in [1.807, 2.05) is 60.7 Å². The van der Waals surface area contributed by atoms with Crippen LogP contribution in [0.2, 0.25) is 0 Å². The zero-order valence-corrected chi connectivity index (χ0v) is 23.7. The Bertz CT molecular complexity index is 2420. The first kappa shape index (κ1) is 24.5. The van der Waals surface area contributed by atoms with Crippen LogP contribution in [-0.4, -0.2) is 24.1 Å². The predicted molar refractivity (Wildman–Crippen MR) is 179 cm³/mol. The average molecular weight is 564 g/mol. The van der Waals surface area contributed by atoms with E-state index in [0.717, 1.165) is 27.7 Å². The highest BCUT2D eigenvalue weighted by atomic mass is 15.2. The highest BCUT2D eigenvalue weighted by Crippen LogP contribution is 2.40. The van der Waals surface area contributed by atoms with Gasteiger partial charge in [0.05, 0.1) is 16.6 Å². The van der Waals surface area contributed by atoms with E-state index in [-0.39, 0.29) is 0 Å². The topological polar surface area (TPSA) is 48.5 Å². The van der Waals surface area contributed by atoms with Crippen LogP contribution in [0, 0.1) is 0 Å². The van der Waals surface area contributed by atoms with Crippen molar-refractivity contribution in [1.29, 1.82) is 0 Å². The summed E-state index contributed by atoms with van der Waals surface area (Å²) in [6.07, 6.45) is 2.08. The van der Waals surface area contributed by atoms with Crippen molar-refractivity contribution in [2.45, 2.75) is 0 Å². The van der Waals surface area contributed by atoms with Crippen molar-refractivity contribution in [1.82, 2.24) is 24.1 Å². The molecule has 0 fully saturated rings. The van der Waals surface area contributed by atoms with Gasteiger partial charge in [-0.1, -0.05) is 115 Å². The third-order valence-corrected chi connectivity index (χ3v) is 8.40. The fraction of sp³-hybridized carbons (Fsp3) is 0. The van der Waals surface area contributed by atoms with Gasteiger partial charge in [0.1, 0.15) is 0 Å². The molecule has 9 aromatic rings. The van der Waals surface area contributed by atoms with Gasteiger partial charge in [0, 0.05) is 44.6 Å². The van der Waals surface area contributed by atoms with Crippen molar-refractivity contribution >= 4 is 43.5 Å². The predicted octanol–water partition coefficient (Wildman–Crippen LogP) is 9.40. The largest absolute Gasteiger partial charge is 0.309 e. The molecule has 44 heavy (non-hydrogen) atoms. The van der Waals surface area contributed by atoms with Crippen molar-refractivity contribution < 1.29 is 0 Å². The minimum absolute atomic E-state index is 0.586. The Kier molecular flexibility index (Phi) is 5.43. The normalized spacial score (nSPS) is 11.6. The maximum Gasteiger partial charge on any atom is 0.238 e. The van der Waals surface area contributed by atoms with E-state index in [9.17, 15) is 0 Å². The van der Waals surface area contributed by atoms with E-state index < -0.39 is 0 Å². The Morgan fingerprint density at radius 1 is 0.432 bits per heavy atom. The lowest BCUT2D eigenvalue weighted by atomic mass is 10.0. The first-order valence-corrected chi connectivity index (χ1v) is 14.7. The van der Waals surface area contributed by atoms with Crippen LogP contribution in [0.1, 0.15) is 0 Å². The minimum atomic E-state index is 0.586. The number of hydrogen-bond donors (Lipinski definition) is 0. The summed E-state index contributed by atoms with van der Waals surface area (Å²) < 4.78 is 4.48. The molecule has 5 heteroatoms. The van der Waals surface area contributed by atoms with Gasteiger partial charge in [-0.25, -0.2) is 4.98 Å². The summed E-state index contributed by atoms with van der Waals surface area (Å²) in [5.41, 5.74) is 6.46. The van der Waals surface area contributed by atoms with Gasteiger partial charge in [-0.15, -0.1) is 0 Å². The summed E-state index contributed by atoms with van der Waals surface area (Å²) in [5.74, 6) is 1.87. The smallest absolute Gasteiger partial charge is 0.238 e. The number of fused-ring (bicyclic) bond motifs is 7. The second-order valence-electron chi connectivity index (χ2n) is 10.9. The Labute approximate surface area is 253 Å². The molecule has 0 spiro atoms. The van der Waals surface area contributed by atoms with Gasteiger partial charge in [0.2, 0.25) is 5.95 Å². The van der Waals surface area contributed by atoms with Crippen LogP contribution in [-0.2, 0) is 0 Å². The third kappa shape index (κ3) is 3.76. The SMILES string of the molecule is c1ccc(-c2nc(-c3ccccc3)nc(-n3ccc4c5c(ccc6c7ccccc7n(-c7ccccc7)c65)ccc43)n2)cc1. The number of para-hydroxylation sites is 2. The molecule has 5 nitrogen and oxygen atoms in total. The van der Waals surface area contributed by atoms with E-state index in [2.05, 4.69) is 100 Å². The molecule has 0 aliphatic carbocycles. The van der Waals surface area contributed by atoms with Gasteiger partial charge in [0.25, 0.3) is 0 Å². The molecule has 0 bridgehead atoms. The van der Waals surface area contributed by atoms with Crippen LogP contribution >= 0.6 is 0 Å². The molecule has 0 N–H and O–H groups in total. The molecule has 0 aliphatic rings. The first-order valence-electron chi connectivity index (χ1n) is 14.7. The Balaban J connectivity index is 1.35. The zero-order valence-electron chi connectivity index (χ0n) is 23.7. The fourth-order valence-electron chi connectivity index (χ4n) is 6.41. The molecule has 0 atom stereocenters. The third-order valence-electron chi connectivity index (χ3n) is 8.40. The molecule has 0 saturated carbocycles. The lowest BCUT2D eigenvalue weighted by Crippen LogP contribution is -2.05. The van der Waals surface area contributed by atoms with Crippen molar-refractivity contribution in [2.24, 2.45) is 0 Å². The van der Waals surface area contributed by atoms with Gasteiger partial charge in [-0.05, 0) is 35.7 Å². The second kappa shape index (κ2) is 9.75. The molecule has 6 aromatic carbocycles. The van der Waals surface area contributed by atoms with Crippen LogP contribution < -0.4 is 0 Å². The summed E-state index contributed by atoms with van der Waals surface area (Å²) in [5, 5.41) is 6.01. The van der Waals surface area contributed by atoms with E-state index in [0.29, 0.717) is 17.6 Å². The minimum Gasteiger partial charge on any atom is -0.309 e. The highest BCUT2D eigenvalue weighted by Gasteiger charge is 2.19. The van der Waals surface area contributed by atoms with Gasteiger partial charge in [0.15, 0.2) is 11.6 Å². The Morgan fingerprint density at radius 3 is 1.75 bits per heavy atom. The molecule has 0 saturated heterocycles. The lowest BCUT2D eigenvalue weighted by Gasteiger charge is -2.12. The van der Waals surface area contributed by atoms with Crippen LogP contribution in [0.15, 0.2) is 152 Å². The maximum atomic E-state index is 5.00. The number of rotatable bonds is 4. The quantitative estimate of drug-likeness (QED) is 0.214. The molecule has 0 unspecified atom stereocenters. The van der Waals surface area contributed by atoms with E-state index in [1.165, 1.54) is 32.6 Å². The summed E-state index contributed by atoms with van der Waals surface area (Å²) in [4.78, 5) is 14.9. The standard InChI is InChI=1S/C39H25N5/c1-4-12-27(13-5-1)37-40-38(28-14-6-2-7-15-28)42-39(41-37)43-25-24-32-33(43)23-21-26-20-22-31-30-18-10-11-19-34(30)44(36(31)35(26)32)29-16-8-3-9-17-29/h1-25H. The van der Waals surface area contributed by atoms with Crippen LogP contribution in [0.3, 0.4) is 0 Å². The molecule has 206 valence electrons. The Hall–Kier alpha value is -6.07. The monoisotopic (exact) mass is 563 g/mol. The van der Waals surface area contributed by atoms with Gasteiger partial charge >= 0.3 is 0 Å². The lowest BCUT2D eigenvalue weighted by molar-refractivity contribution is 0.933. The molecule has 9 rings (SSSR count). The van der Waals surface area contributed by atoms with Crippen LogP contribution in [0.5, 0.6) is 0 Å². The number of benzene rings is 6.